The number of amides is 1. The van der Waals surface area contributed by atoms with Gasteiger partial charge in [0.05, 0.1) is 11.6 Å². The van der Waals surface area contributed by atoms with E-state index in [-0.39, 0.29) is 11.8 Å². The SMILES string of the molecule is CCC(CC)C(O)CNC(=O)C(N)(CC)CC. The smallest absolute Gasteiger partial charge is 0.240 e. The van der Waals surface area contributed by atoms with E-state index in [1.807, 2.05) is 27.7 Å². The zero-order valence-electron chi connectivity index (χ0n) is 11.6. The van der Waals surface area contributed by atoms with Crippen LogP contribution in [0.4, 0.5) is 0 Å². The Labute approximate surface area is 105 Å². The second kappa shape index (κ2) is 7.67. The third kappa shape index (κ3) is 4.64. The highest BCUT2D eigenvalue weighted by Crippen LogP contribution is 2.14. The van der Waals surface area contributed by atoms with Crippen molar-refractivity contribution in [3.05, 3.63) is 0 Å². The molecule has 1 atom stereocenters. The van der Waals surface area contributed by atoms with E-state index < -0.39 is 11.6 Å². The van der Waals surface area contributed by atoms with E-state index in [9.17, 15) is 9.90 Å². The molecule has 1 amide bonds. The molecule has 1 unspecified atom stereocenters. The lowest BCUT2D eigenvalue weighted by atomic mass is 9.92. The van der Waals surface area contributed by atoms with Gasteiger partial charge >= 0.3 is 0 Å². The minimum atomic E-state index is -0.798. The van der Waals surface area contributed by atoms with Crippen molar-refractivity contribution in [1.29, 1.82) is 0 Å². The van der Waals surface area contributed by atoms with Crippen LogP contribution in [0.3, 0.4) is 0 Å². The minimum Gasteiger partial charge on any atom is -0.391 e. The van der Waals surface area contributed by atoms with Crippen LogP contribution >= 0.6 is 0 Å². The molecule has 0 heterocycles. The number of hydrogen-bond acceptors (Lipinski definition) is 3. The Bertz CT molecular complexity index is 223. The van der Waals surface area contributed by atoms with Crippen LogP contribution in [0, 0.1) is 5.92 Å². The van der Waals surface area contributed by atoms with Gasteiger partial charge in [-0.3, -0.25) is 4.79 Å². The third-order valence-corrected chi connectivity index (χ3v) is 3.78. The fourth-order valence-corrected chi connectivity index (χ4v) is 1.94. The van der Waals surface area contributed by atoms with E-state index in [0.717, 1.165) is 12.8 Å². The molecule has 0 bridgehead atoms. The van der Waals surface area contributed by atoms with Gasteiger partial charge in [-0.05, 0) is 18.8 Å². The molecule has 0 saturated heterocycles. The highest BCUT2D eigenvalue weighted by atomic mass is 16.3. The van der Waals surface area contributed by atoms with Crippen molar-refractivity contribution >= 4 is 5.91 Å². The molecule has 0 aromatic rings. The maximum Gasteiger partial charge on any atom is 0.240 e. The van der Waals surface area contributed by atoms with E-state index in [4.69, 9.17) is 5.73 Å². The van der Waals surface area contributed by atoms with Crippen molar-refractivity contribution in [2.75, 3.05) is 6.54 Å². The Morgan fingerprint density at radius 1 is 1.24 bits per heavy atom. The third-order valence-electron chi connectivity index (χ3n) is 3.78. The van der Waals surface area contributed by atoms with E-state index in [2.05, 4.69) is 5.32 Å². The summed E-state index contributed by atoms with van der Waals surface area (Å²) < 4.78 is 0. The lowest BCUT2D eigenvalue weighted by Gasteiger charge is -2.27. The average molecular weight is 244 g/mol. The van der Waals surface area contributed by atoms with Gasteiger partial charge in [0.15, 0.2) is 0 Å². The van der Waals surface area contributed by atoms with Crippen LogP contribution in [0.15, 0.2) is 0 Å². The highest BCUT2D eigenvalue weighted by Gasteiger charge is 2.30. The van der Waals surface area contributed by atoms with Crippen molar-refractivity contribution in [3.63, 3.8) is 0 Å². The van der Waals surface area contributed by atoms with Crippen LogP contribution < -0.4 is 11.1 Å². The van der Waals surface area contributed by atoms with Crippen LogP contribution in [0.1, 0.15) is 53.4 Å². The molecule has 0 aromatic carbocycles. The van der Waals surface area contributed by atoms with Crippen LogP contribution in [0.25, 0.3) is 0 Å². The predicted octanol–water partition coefficient (Wildman–Crippen LogP) is 1.42. The van der Waals surface area contributed by atoms with Crippen LogP contribution in [-0.2, 0) is 4.79 Å². The van der Waals surface area contributed by atoms with E-state index in [0.29, 0.717) is 19.4 Å². The van der Waals surface area contributed by atoms with Gasteiger partial charge in [0.1, 0.15) is 0 Å². The summed E-state index contributed by atoms with van der Waals surface area (Å²) >= 11 is 0. The van der Waals surface area contributed by atoms with Crippen LogP contribution in [0.2, 0.25) is 0 Å². The standard InChI is InChI=1S/C13H28N2O2/c1-5-10(6-2)11(16)9-15-12(17)13(14,7-3)8-4/h10-11,16H,5-9,14H2,1-4H3,(H,15,17). The van der Waals surface area contributed by atoms with Gasteiger partial charge in [0, 0.05) is 6.54 Å². The molecule has 4 heteroatoms. The average Bonchev–Trinajstić information content (AvgIpc) is 2.36. The van der Waals surface area contributed by atoms with E-state index in [1.165, 1.54) is 0 Å². The Hall–Kier alpha value is -0.610. The molecule has 0 aromatic heterocycles. The minimum absolute atomic E-state index is 0.160. The van der Waals surface area contributed by atoms with Gasteiger partial charge in [0.25, 0.3) is 0 Å². The summed E-state index contributed by atoms with van der Waals surface area (Å²) in [6.07, 6.45) is 2.57. The van der Waals surface area contributed by atoms with Gasteiger partial charge in [-0.25, -0.2) is 0 Å². The molecular formula is C13H28N2O2. The summed E-state index contributed by atoms with van der Waals surface area (Å²) in [5, 5.41) is 12.7. The maximum absolute atomic E-state index is 11.9. The van der Waals surface area contributed by atoms with Gasteiger partial charge in [0.2, 0.25) is 5.91 Å². The van der Waals surface area contributed by atoms with Crippen molar-refractivity contribution in [2.24, 2.45) is 11.7 Å². The predicted molar refractivity (Wildman–Crippen MR) is 70.6 cm³/mol. The zero-order chi connectivity index (χ0) is 13.5. The van der Waals surface area contributed by atoms with Crippen LogP contribution in [-0.4, -0.2) is 29.2 Å². The van der Waals surface area contributed by atoms with Crippen molar-refractivity contribution in [2.45, 2.75) is 65.0 Å². The molecule has 17 heavy (non-hydrogen) atoms. The van der Waals surface area contributed by atoms with Crippen molar-refractivity contribution in [3.8, 4) is 0 Å². The quantitative estimate of drug-likeness (QED) is 0.604. The summed E-state index contributed by atoms with van der Waals surface area (Å²) in [6.45, 7) is 8.19. The number of rotatable bonds is 8. The number of nitrogens with one attached hydrogen (secondary N) is 1. The fourth-order valence-electron chi connectivity index (χ4n) is 1.94. The highest BCUT2D eigenvalue weighted by molar-refractivity contribution is 5.85. The second-order valence-corrected chi connectivity index (χ2v) is 4.72. The number of carbonyl (C=O) groups is 1. The summed E-state index contributed by atoms with van der Waals surface area (Å²) in [4.78, 5) is 11.9. The molecule has 0 spiro atoms. The number of hydrogen-bond donors (Lipinski definition) is 3. The summed E-state index contributed by atoms with van der Waals surface area (Å²) in [5.41, 5.74) is 5.18. The molecule has 0 aliphatic rings. The summed E-state index contributed by atoms with van der Waals surface area (Å²) in [6, 6.07) is 0. The number of nitrogens with two attached hydrogens (primary N) is 1. The molecule has 4 nitrogen and oxygen atoms in total. The van der Waals surface area contributed by atoms with Gasteiger partial charge in [-0.15, -0.1) is 0 Å². The first-order chi connectivity index (χ1) is 7.95. The largest absolute Gasteiger partial charge is 0.391 e. The molecule has 4 N–H and O–H groups in total. The first kappa shape index (κ1) is 16.4. The molecule has 0 aliphatic carbocycles. The Balaban J connectivity index is 4.24. The molecule has 0 rings (SSSR count). The van der Waals surface area contributed by atoms with E-state index >= 15 is 0 Å². The van der Waals surface area contributed by atoms with Gasteiger partial charge < -0.3 is 16.2 Å². The monoisotopic (exact) mass is 244 g/mol. The second-order valence-electron chi connectivity index (χ2n) is 4.72. The molecule has 0 aliphatic heterocycles. The summed E-state index contributed by atoms with van der Waals surface area (Å²) in [5.74, 6) is 0.0817. The number of aliphatic hydroxyl groups is 1. The molecule has 102 valence electrons. The van der Waals surface area contributed by atoms with Gasteiger partial charge in [-0.2, -0.15) is 0 Å². The number of carbonyl (C=O) groups excluding carboxylic acids is 1. The lowest BCUT2D eigenvalue weighted by molar-refractivity contribution is -0.127. The number of aliphatic hydroxyl groups excluding tert-OH is 1. The fraction of sp³-hybridized carbons (Fsp3) is 0.923. The van der Waals surface area contributed by atoms with Crippen molar-refractivity contribution < 1.29 is 9.90 Å². The molecule has 0 saturated carbocycles. The topological polar surface area (TPSA) is 75.3 Å². The van der Waals surface area contributed by atoms with Crippen molar-refractivity contribution in [1.82, 2.24) is 5.32 Å². The Kier molecular flexibility index (Phi) is 7.39. The van der Waals surface area contributed by atoms with Gasteiger partial charge in [-0.1, -0.05) is 40.5 Å². The normalized spacial score (nSPS) is 13.8. The molecular weight excluding hydrogens is 216 g/mol. The summed E-state index contributed by atoms with van der Waals surface area (Å²) in [7, 11) is 0. The van der Waals surface area contributed by atoms with Crippen LogP contribution in [0.5, 0.6) is 0 Å². The first-order valence-electron chi connectivity index (χ1n) is 6.70. The molecule has 0 fully saturated rings. The van der Waals surface area contributed by atoms with E-state index in [1.54, 1.807) is 0 Å². The Morgan fingerprint density at radius 3 is 2.06 bits per heavy atom. The zero-order valence-corrected chi connectivity index (χ0v) is 11.6. The maximum atomic E-state index is 11.9. The molecule has 0 radical (unpaired) electrons. The first-order valence-corrected chi connectivity index (χ1v) is 6.70. The Morgan fingerprint density at radius 2 is 1.71 bits per heavy atom. The lowest BCUT2D eigenvalue weighted by Crippen LogP contribution is -2.54.